The zero-order valence-corrected chi connectivity index (χ0v) is 28.0. The summed E-state index contributed by atoms with van der Waals surface area (Å²) in [6, 6.07) is 61.1. The largest absolute Gasteiger partial charge is 0.309 e. The highest BCUT2D eigenvalue weighted by atomic mass is 15.0. The predicted molar refractivity (Wildman–Crippen MR) is 213 cm³/mol. The van der Waals surface area contributed by atoms with Crippen molar-refractivity contribution in [2.24, 2.45) is 0 Å². The minimum atomic E-state index is -0.0641. The fraction of sp³-hybridized carbons (Fsp3) is 0.0612. The van der Waals surface area contributed by atoms with E-state index in [2.05, 4.69) is 182 Å². The molecule has 10 aromatic rings. The van der Waals surface area contributed by atoms with Gasteiger partial charge in [-0.25, -0.2) is 0 Å². The summed E-state index contributed by atoms with van der Waals surface area (Å²) in [5, 5.41) is 10.4. The first-order valence-electron chi connectivity index (χ1n) is 17.6. The Morgan fingerprint density at radius 3 is 1.68 bits per heavy atom. The van der Waals surface area contributed by atoms with Crippen molar-refractivity contribution in [3.63, 3.8) is 0 Å². The molecular formula is C49H33N. The van der Waals surface area contributed by atoms with Gasteiger partial charge in [-0.15, -0.1) is 0 Å². The third-order valence-corrected chi connectivity index (χ3v) is 11.5. The van der Waals surface area contributed by atoms with Crippen LogP contribution in [0.4, 0.5) is 0 Å². The fourth-order valence-corrected chi connectivity index (χ4v) is 9.16. The minimum absolute atomic E-state index is 0.0641. The van der Waals surface area contributed by atoms with Crippen LogP contribution >= 0.6 is 0 Å². The molecule has 1 heteroatoms. The van der Waals surface area contributed by atoms with E-state index in [-0.39, 0.29) is 5.41 Å². The fourth-order valence-electron chi connectivity index (χ4n) is 9.16. The second kappa shape index (κ2) is 9.94. The summed E-state index contributed by atoms with van der Waals surface area (Å²) in [6.07, 6.45) is 0. The van der Waals surface area contributed by atoms with E-state index < -0.39 is 0 Å². The lowest BCUT2D eigenvalue weighted by Gasteiger charge is -2.21. The third kappa shape index (κ3) is 3.67. The molecule has 1 aliphatic carbocycles. The van der Waals surface area contributed by atoms with Gasteiger partial charge in [0.2, 0.25) is 0 Å². The second-order valence-corrected chi connectivity index (χ2v) is 14.5. The van der Waals surface area contributed by atoms with Crippen LogP contribution in [0.25, 0.3) is 93.2 Å². The molecule has 1 heterocycles. The Labute approximate surface area is 291 Å². The Hall–Kier alpha value is -6.18. The van der Waals surface area contributed by atoms with Crippen LogP contribution in [-0.4, -0.2) is 4.57 Å². The maximum Gasteiger partial charge on any atom is 0.0547 e. The molecule has 1 aromatic heterocycles. The van der Waals surface area contributed by atoms with Gasteiger partial charge < -0.3 is 4.57 Å². The molecule has 0 spiro atoms. The second-order valence-electron chi connectivity index (χ2n) is 14.5. The molecular weight excluding hydrogens is 603 g/mol. The lowest BCUT2D eigenvalue weighted by molar-refractivity contribution is 0.661. The SMILES string of the molecule is CC1(C)c2ccccc2-c2cc3c4ccc(-c5ccc6ccc7c(-c8ccccc8)ccc8ccc5c6c87)cc4n(-c4ccccc4)c3cc21. The van der Waals surface area contributed by atoms with Crippen LogP contribution < -0.4 is 0 Å². The van der Waals surface area contributed by atoms with Crippen LogP contribution in [0.2, 0.25) is 0 Å². The summed E-state index contributed by atoms with van der Waals surface area (Å²) in [4.78, 5) is 0. The van der Waals surface area contributed by atoms with Gasteiger partial charge in [0.15, 0.2) is 0 Å². The van der Waals surface area contributed by atoms with E-state index >= 15 is 0 Å². The molecule has 0 fully saturated rings. The molecule has 0 saturated carbocycles. The van der Waals surface area contributed by atoms with Crippen LogP contribution in [0.3, 0.4) is 0 Å². The first kappa shape index (κ1) is 27.7. The highest BCUT2D eigenvalue weighted by Gasteiger charge is 2.36. The summed E-state index contributed by atoms with van der Waals surface area (Å²) in [6.45, 7) is 4.74. The number of aromatic nitrogens is 1. The van der Waals surface area contributed by atoms with Gasteiger partial charge >= 0.3 is 0 Å². The predicted octanol–water partition coefficient (Wildman–Crippen LogP) is 13.3. The van der Waals surface area contributed by atoms with E-state index in [4.69, 9.17) is 0 Å². The Morgan fingerprint density at radius 1 is 0.380 bits per heavy atom. The van der Waals surface area contributed by atoms with E-state index in [9.17, 15) is 0 Å². The van der Waals surface area contributed by atoms with Crippen molar-refractivity contribution < 1.29 is 0 Å². The molecule has 234 valence electrons. The molecule has 0 amide bonds. The first-order valence-corrected chi connectivity index (χ1v) is 17.6. The maximum atomic E-state index is 2.48. The van der Waals surface area contributed by atoms with Crippen molar-refractivity contribution in [2.45, 2.75) is 19.3 Å². The van der Waals surface area contributed by atoms with Gasteiger partial charge in [-0.1, -0.05) is 147 Å². The Morgan fingerprint density at radius 2 is 0.960 bits per heavy atom. The quantitative estimate of drug-likeness (QED) is 0.170. The van der Waals surface area contributed by atoms with E-state index in [0.29, 0.717) is 0 Å². The van der Waals surface area contributed by atoms with Crippen molar-refractivity contribution in [2.75, 3.05) is 0 Å². The molecule has 1 aliphatic rings. The maximum absolute atomic E-state index is 2.48. The average molecular weight is 636 g/mol. The summed E-state index contributed by atoms with van der Waals surface area (Å²) >= 11 is 0. The standard InChI is InChI=1S/C49H33N/c1-49(2)43-16-10-9-15-37(43)41-28-42-38-24-21-33(27-45(38)50(46(42)29-44(41)49)34-13-7-4-8-14-34)36-23-18-32-19-25-39-35(30-11-5-3-6-12-30)22-17-31-20-26-40(36)48(32)47(31)39/h3-29H,1-2H3. The number of rotatable bonds is 3. The third-order valence-electron chi connectivity index (χ3n) is 11.5. The summed E-state index contributed by atoms with van der Waals surface area (Å²) < 4.78 is 2.48. The zero-order chi connectivity index (χ0) is 33.1. The Bertz CT molecular complexity index is 2980. The molecule has 0 aliphatic heterocycles. The highest BCUT2D eigenvalue weighted by molar-refractivity contribution is 6.27. The average Bonchev–Trinajstić information content (AvgIpc) is 3.60. The van der Waals surface area contributed by atoms with Crippen LogP contribution in [0.15, 0.2) is 164 Å². The summed E-state index contributed by atoms with van der Waals surface area (Å²) in [5.74, 6) is 0. The molecule has 9 aromatic carbocycles. The molecule has 0 atom stereocenters. The smallest absolute Gasteiger partial charge is 0.0547 e. The van der Waals surface area contributed by atoms with Gasteiger partial charge in [0.1, 0.15) is 0 Å². The van der Waals surface area contributed by atoms with Crippen LogP contribution in [0, 0.1) is 0 Å². The molecule has 50 heavy (non-hydrogen) atoms. The molecule has 0 N–H and O–H groups in total. The van der Waals surface area contributed by atoms with Gasteiger partial charge in [0.25, 0.3) is 0 Å². The molecule has 11 rings (SSSR count). The van der Waals surface area contributed by atoms with E-state index in [1.165, 1.54) is 104 Å². The summed E-state index contributed by atoms with van der Waals surface area (Å²) in [7, 11) is 0. The van der Waals surface area contributed by atoms with Crippen molar-refractivity contribution in [1.29, 1.82) is 0 Å². The zero-order valence-electron chi connectivity index (χ0n) is 28.0. The minimum Gasteiger partial charge on any atom is -0.309 e. The van der Waals surface area contributed by atoms with Gasteiger partial charge in [0, 0.05) is 21.9 Å². The molecule has 0 saturated heterocycles. The van der Waals surface area contributed by atoms with Crippen LogP contribution in [0.5, 0.6) is 0 Å². The number of nitrogens with zero attached hydrogens (tertiary/aromatic N) is 1. The number of benzene rings is 9. The number of hydrogen-bond donors (Lipinski definition) is 0. The summed E-state index contributed by atoms with van der Waals surface area (Å²) in [5.41, 5.74) is 14.2. The van der Waals surface area contributed by atoms with Gasteiger partial charge in [-0.05, 0) is 107 Å². The van der Waals surface area contributed by atoms with E-state index in [1.54, 1.807) is 0 Å². The van der Waals surface area contributed by atoms with Crippen molar-refractivity contribution in [3.8, 4) is 39.1 Å². The Kier molecular flexibility index (Phi) is 5.51. The lowest BCUT2D eigenvalue weighted by Crippen LogP contribution is -2.14. The van der Waals surface area contributed by atoms with E-state index in [0.717, 1.165) is 0 Å². The van der Waals surface area contributed by atoms with E-state index in [1.807, 2.05) is 0 Å². The van der Waals surface area contributed by atoms with Gasteiger partial charge in [0.05, 0.1) is 11.0 Å². The number of fused-ring (bicyclic) bond motifs is 6. The topological polar surface area (TPSA) is 4.93 Å². The Balaban J connectivity index is 1.19. The molecule has 0 bridgehead atoms. The lowest BCUT2D eigenvalue weighted by atomic mass is 9.82. The molecule has 1 nitrogen and oxygen atoms in total. The van der Waals surface area contributed by atoms with Crippen LogP contribution in [0.1, 0.15) is 25.0 Å². The van der Waals surface area contributed by atoms with Gasteiger partial charge in [-0.2, -0.15) is 0 Å². The van der Waals surface area contributed by atoms with Crippen LogP contribution in [-0.2, 0) is 5.41 Å². The monoisotopic (exact) mass is 635 g/mol. The number of hydrogen-bond acceptors (Lipinski definition) is 0. The molecule has 0 radical (unpaired) electrons. The molecule has 0 unspecified atom stereocenters. The highest BCUT2D eigenvalue weighted by Crippen LogP contribution is 2.51. The van der Waals surface area contributed by atoms with Crippen molar-refractivity contribution in [1.82, 2.24) is 4.57 Å². The van der Waals surface area contributed by atoms with Crippen molar-refractivity contribution in [3.05, 3.63) is 175 Å². The van der Waals surface area contributed by atoms with Gasteiger partial charge in [-0.3, -0.25) is 0 Å². The van der Waals surface area contributed by atoms with Crippen molar-refractivity contribution >= 4 is 54.1 Å². The normalized spacial score (nSPS) is 13.6. The first-order chi connectivity index (χ1) is 24.6. The number of para-hydroxylation sites is 1.